The molecule has 2 heteroatoms. The molecule has 0 aliphatic carbocycles. The number of fused-ring (bicyclic) bond motifs is 3. The van der Waals surface area contributed by atoms with Crippen molar-refractivity contribution in [1.82, 2.24) is 4.90 Å². The molecule has 98 valence electrons. The maximum Gasteiger partial charge on any atom is 0.0417 e. The number of anilines is 1. The molecule has 1 aromatic carbocycles. The van der Waals surface area contributed by atoms with Gasteiger partial charge in [0.05, 0.1) is 0 Å². The zero-order valence-corrected chi connectivity index (χ0v) is 11.4. The molecule has 0 spiro atoms. The van der Waals surface area contributed by atoms with E-state index in [0.29, 0.717) is 6.04 Å². The smallest absolute Gasteiger partial charge is 0.0417 e. The number of rotatable bonds is 4. The van der Waals surface area contributed by atoms with Crippen molar-refractivity contribution in [3.05, 3.63) is 29.8 Å². The van der Waals surface area contributed by atoms with Crippen molar-refractivity contribution in [3.8, 4) is 0 Å². The van der Waals surface area contributed by atoms with Crippen LogP contribution in [0.3, 0.4) is 0 Å². The molecule has 2 bridgehead atoms. The van der Waals surface area contributed by atoms with E-state index in [1.54, 1.807) is 0 Å². The first-order chi connectivity index (χ1) is 8.86. The van der Waals surface area contributed by atoms with Crippen LogP contribution in [0, 0.1) is 5.92 Å². The van der Waals surface area contributed by atoms with Crippen LogP contribution in [0.15, 0.2) is 24.3 Å². The highest BCUT2D eigenvalue weighted by molar-refractivity contribution is 5.52. The van der Waals surface area contributed by atoms with Gasteiger partial charge >= 0.3 is 0 Å². The van der Waals surface area contributed by atoms with Gasteiger partial charge < -0.3 is 10.2 Å². The fourth-order valence-electron chi connectivity index (χ4n) is 3.48. The summed E-state index contributed by atoms with van der Waals surface area (Å²) in [6, 6.07) is 9.51. The number of aryl methyl sites for hydroxylation is 1. The minimum atomic E-state index is 0.672. The average molecular weight is 244 g/mol. The molecule has 3 saturated heterocycles. The predicted octanol–water partition coefficient (Wildman–Crippen LogP) is 3.15. The summed E-state index contributed by atoms with van der Waals surface area (Å²) in [6.45, 7) is 6.13. The minimum absolute atomic E-state index is 0.672. The van der Waals surface area contributed by atoms with Gasteiger partial charge in [0.15, 0.2) is 0 Å². The number of benzene rings is 1. The van der Waals surface area contributed by atoms with Gasteiger partial charge in [0.1, 0.15) is 0 Å². The molecule has 1 unspecified atom stereocenters. The number of nitrogens with one attached hydrogen (secondary N) is 1. The Morgan fingerprint density at radius 3 is 2.67 bits per heavy atom. The number of hydrogen-bond acceptors (Lipinski definition) is 2. The molecule has 0 aromatic heterocycles. The normalized spacial score (nSPS) is 30.4. The highest BCUT2D eigenvalue weighted by Crippen LogP contribution is 2.30. The van der Waals surface area contributed by atoms with Gasteiger partial charge in [-0.05, 0) is 49.9 Å². The fourth-order valence-corrected chi connectivity index (χ4v) is 3.48. The largest absolute Gasteiger partial charge is 0.381 e. The highest BCUT2D eigenvalue weighted by Gasteiger charge is 2.34. The highest BCUT2D eigenvalue weighted by atomic mass is 15.2. The van der Waals surface area contributed by atoms with E-state index in [9.17, 15) is 0 Å². The van der Waals surface area contributed by atoms with Crippen LogP contribution in [-0.4, -0.2) is 30.6 Å². The zero-order valence-electron chi connectivity index (χ0n) is 11.4. The van der Waals surface area contributed by atoms with Gasteiger partial charge in [-0.3, -0.25) is 0 Å². The van der Waals surface area contributed by atoms with Crippen LogP contribution in [0.2, 0.25) is 0 Å². The van der Waals surface area contributed by atoms with Gasteiger partial charge in [-0.1, -0.05) is 31.5 Å². The molecule has 1 aromatic rings. The number of nitrogens with zero attached hydrogens (tertiary/aromatic N) is 1. The second-order valence-electron chi connectivity index (χ2n) is 5.80. The Morgan fingerprint density at radius 1 is 1.22 bits per heavy atom. The Balaban J connectivity index is 1.72. The van der Waals surface area contributed by atoms with Gasteiger partial charge in [0.25, 0.3) is 0 Å². The van der Waals surface area contributed by atoms with Crippen molar-refractivity contribution in [2.45, 2.75) is 38.6 Å². The van der Waals surface area contributed by atoms with Gasteiger partial charge in [-0.15, -0.1) is 0 Å². The first-order valence-corrected chi connectivity index (χ1v) is 7.43. The molecular formula is C16H24N2. The first-order valence-electron chi connectivity index (χ1n) is 7.43. The van der Waals surface area contributed by atoms with Gasteiger partial charge in [-0.2, -0.15) is 0 Å². The Labute approximate surface area is 110 Å². The Bertz CT molecular complexity index is 394. The van der Waals surface area contributed by atoms with E-state index < -0.39 is 0 Å². The molecule has 2 nitrogen and oxygen atoms in total. The maximum atomic E-state index is 3.82. The lowest BCUT2D eigenvalue weighted by Gasteiger charge is -2.45. The van der Waals surface area contributed by atoms with E-state index in [1.807, 2.05) is 0 Å². The van der Waals surface area contributed by atoms with Crippen LogP contribution in [0.5, 0.6) is 0 Å². The minimum Gasteiger partial charge on any atom is -0.381 e. The maximum absolute atomic E-state index is 3.82. The number of hydrogen-bond donors (Lipinski definition) is 1. The Kier molecular flexibility index (Phi) is 3.55. The third-order valence-corrected chi connectivity index (χ3v) is 4.53. The predicted molar refractivity (Wildman–Crippen MR) is 77.0 cm³/mol. The summed E-state index contributed by atoms with van der Waals surface area (Å²) in [5, 5.41) is 3.82. The lowest BCUT2D eigenvalue weighted by molar-refractivity contribution is 0.0975. The van der Waals surface area contributed by atoms with Crippen LogP contribution in [0.4, 0.5) is 5.69 Å². The molecule has 4 rings (SSSR count). The summed E-state index contributed by atoms with van der Waals surface area (Å²) in [7, 11) is 0. The quantitative estimate of drug-likeness (QED) is 0.875. The van der Waals surface area contributed by atoms with Crippen LogP contribution in [0.25, 0.3) is 0 Å². The lowest BCUT2D eigenvalue weighted by Crippen LogP contribution is -2.53. The van der Waals surface area contributed by atoms with E-state index >= 15 is 0 Å². The molecule has 3 aliphatic heterocycles. The SMILES string of the molecule is CCCc1ccccc1NC1CN2CCC1CC2. The summed E-state index contributed by atoms with van der Waals surface area (Å²) >= 11 is 0. The number of para-hydroxylation sites is 1. The molecule has 3 fully saturated rings. The van der Waals surface area contributed by atoms with Gasteiger partial charge in [-0.25, -0.2) is 0 Å². The third kappa shape index (κ3) is 2.39. The van der Waals surface area contributed by atoms with Crippen molar-refractivity contribution in [1.29, 1.82) is 0 Å². The van der Waals surface area contributed by atoms with Crippen molar-refractivity contribution in [2.75, 3.05) is 25.0 Å². The molecule has 0 amide bonds. The van der Waals surface area contributed by atoms with Crippen LogP contribution >= 0.6 is 0 Å². The zero-order chi connectivity index (χ0) is 12.4. The topological polar surface area (TPSA) is 15.3 Å². The standard InChI is InChI=1S/C16H24N2/c1-2-5-13-6-3-4-7-15(13)17-16-12-18-10-8-14(16)9-11-18/h3-4,6-7,14,16-17H,2,5,8-12H2,1H3. The molecular weight excluding hydrogens is 220 g/mol. The number of piperidine rings is 3. The van der Waals surface area contributed by atoms with E-state index in [0.717, 1.165) is 5.92 Å². The molecule has 3 heterocycles. The van der Waals surface area contributed by atoms with Gasteiger partial charge in [0.2, 0.25) is 0 Å². The summed E-state index contributed by atoms with van der Waals surface area (Å²) < 4.78 is 0. The van der Waals surface area contributed by atoms with E-state index in [4.69, 9.17) is 0 Å². The van der Waals surface area contributed by atoms with Gasteiger partial charge in [0, 0.05) is 18.3 Å². The van der Waals surface area contributed by atoms with E-state index in [1.165, 1.54) is 56.6 Å². The van der Waals surface area contributed by atoms with Crippen LogP contribution in [-0.2, 0) is 6.42 Å². The van der Waals surface area contributed by atoms with Crippen molar-refractivity contribution >= 4 is 5.69 Å². The lowest BCUT2D eigenvalue weighted by atomic mass is 9.84. The van der Waals surface area contributed by atoms with Crippen molar-refractivity contribution in [3.63, 3.8) is 0 Å². The summed E-state index contributed by atoms with van der Waals surface area (Å²) in [5.41, 5.74) is 2.86. The molecule has 0 saturated carbocycles. The molecule has 0 radical (unpaired) electrons. The fraction of sp³-hybridized carbons (Fsp3) is 0.625. The Hall–Kier alpha value is -1.02. The second kappa shape index (κ2) is 5.31. The van der Waals surface area contributed by atoms with E-state index in [2.05, 4.69) is 41.4 Å². The first kappa shape index (κ1) is 12.0. The van der Waals surface area contributed by atoms with Crippen LogP contribution < -0.4 is 5.32 Å². The Morgan fingerprint density at radius 2 is 2.00 bits per heavy atom. The third-order valence-electron chi connectivity index (χ3n) is 4.53. The van der Waals surface area contributed by atoms with Crippen molar-refractivity contribution < 1.29 is 0 Å². The molecule has 1 atom stereocenters. The van der Waals surface area contributed by atoms with E-state index in [-0.39, 0.29) is 0 Å². The molecule has 1 N–H and O–H groups in total. The second-order valence-corrected chi connectivity index (χ2v) is 5.80. The molecule has 3 aliphatic rings. The van der Waals surface area contributed by atoms with Crippen LogP contribution in [0.1, 0.15) is 31.7 Å². The van der Waals surface area contributed by atoms with Crippen molar-refractivity contribution in [2.24, 2.45) is 5.92 Å². The summed E-state index contributed by atoms with van der Waals surface area (Å²) in [6.07, 6.45) is 5.17. The monoisotopic (exact) mass is 244 g/mol. The summed E-state index contributed by atoms with van der Waals surface area (Å²) in [4.78, 5) is 2.61. The summed E-state index contributed by atoms with van der Waals surface area (Å²) in [5.74, 6) is 0.893. The average Bonchev–Trinajstić information content (AvgIpc) is 2.43. The molecule has 18 heavy (non-hydrogen) atoms.